The Kier molecular flexibility index (Phi) is 4.30. The lowest BCUT2D eigenvalue weighted by atomic mass is 9.50. The number of nitrogens with zero attached hydrogens (tertiary/aromatic N) is 3. The molecule has 4 aliphatic carbocycles. The number of hydrogen-bond donors (Lipinski definition) is 1. The molecule has 6 rings (SSSR count). The lowest BCUT2D eigenvalue weighted by Gasteiger charge is -2.55. The van der Waals surface area contributed by atoms with Crippen LogP contribution in [0.1, 0.15) is 64.0 Å². The molecule has 0 saturated heterocycles. The van der Waals surface area contributed by atoms with Gasteiger partial charge in [-0.25, -0.2) is 4.68 Å². The summed E-state index contributed by atoms with van der Waals surface area (Å²) in [6.45, 7) is 2.30. The Morgan fingerprint density at radius 3 is 2.71 bits per heavy atom. The van der Waals surface area contributed by atoms with E-state index in [-0.39, 0.29) is 5.41 Å². The van der Waals surface area contributed by atoms with Crippen LogP contribution >= 0.6 is 0 Å². The second kappa shape index (κ2) is 6.86. The fourth-order valence-corrected chi connectivity index (χ4v) is 7.78. The van der Waals surface area contributed by atoms with Gasteiger partial charge in [-0.3, -0.25) is 4.79 Å². The monoisotopic (exact) mass is 417 g/mol. The number of aliphatic hydroxyl groups is 1. The second-order valence-corrected chi connectivity index (χ2v) is 10.5. The first kappa shape index (κ1) is 19.4. The fraction of sp³-hybridized carbons (Fsp3) is 0.577. The van der Waals surface area contributed by atoms with Crippen molar-refractivity contribution >= 4 is 5.78 Å². The maximum absolute atomic E-state index is 12.1. The zero-order chi connectivity index (χ0) is 21.2. The van der Waals surface area contributed by atoms with Crippen LogP contribution in [0.15, 0.2) is 48.2 Å². The minimum atomic E-state index is -0.922. The average molecular weight is 418 g/mol. The molecule has 0 amide bonds. The van der Waals surface area contributed by atoms with Crippen LogP contribution in [0, 0.1) is 29.1 Å². The van der Waals surface area contributed by atoms with Gasteiger partial charge in [0.05, 0.1) is 11.9 Å². The van der Waals surface area contributed by atoms with Gasteiger partial charge in [0.2, 0.25) is 0 Å². The number of hydrogen-bond acceptors (Lipinski definition) is 4. The quantitative estimate of drug-likeness (QED) is 0.776. The first-order chi connectivity index (χ1) is 15.0. The van der Waals surface area contributed by atoms with Gasteiger partial charge in [0.25, 0.3) is 0 Å². The van der Waals surface area contributed by atoms with Gasteiger partial charge in [0.15, 0.2) is 5.78 Å². The van der Waals surface area contributed by atoms with Crippen LogP contribution in [0.25, 0.3) is 5.69 Å². The molecule has 1 heterocycles. The Morgan fingerprint density at radius 1 is 1.03 bits per heavy atom. The van der Waals surface area contributed by atoms with E-state index in [4.69, 9.17) is 0 Å². The molecule has 4 aliphatic rings. The topological polar surface area (TPSA) is 68.0 Å². The van der Waals surface area contributed by atoms with Crippen molar-refractivity contribution in [3.63, 3.8) is 0 Å². The molecule has 6 atom stereocenters. The maximum atomic E-state index is 12.1. The summed E-state index contributed by atoms with van der Waals surface area (Å²) < 4.78 is 1.78. The molecule has 3 fully saturated rings. The number of benzene rings is 1. The summed E-state index contributed by atoms with van der Waals surface area (Å²) in [6.07, 6.45) is 11.8. The van der Waals surface area contributed by atoms with Gasteiger partial charge in [-0.2, -0.15) is 0 Å². The first-order valence-corrected chi connectivity index (χ1v) is 11.9. The Morgan fingerprint density at radius 2 is 1.87 bits per heavy atom. The SMILES string of the molecule is C[C@]12CCC3C4CCC(=O)C=C4CCC3C1CC[C@@]2(O)c1cn(-c2ccccc2)nn1. The van der Waals surface area contributed by atoms with Crippen molar-refractivity contribution in [2.24, 2.45) is 29.1 Å². The number of carbonyl (C=O) groups is 1. The summed E-state index contributed by atoms with van der Waals surface area (Å²) >= 11 is 0. The number of para-hydroxylation sites is 1. The third-order valence-electron chi connectivity index (χ3n) is 9.39. The summed E-state index contributed by atoms with van der Waals surface area (Å²) in [5, 5.41) is 20.9. The van der Waals surface area contributed by atoms with Crippen molar-refractivity contribution in [2.45, 2.75) is 63.9 Å². The third-order valence-corrected chi connectivity index (χ3v) is 9.39. The summed E-state index contributed by atoms with van der Waals surface area (Å²) in [5.41, 5.74) is 2.01. The highest BCUT2D eigenvalue weighted by Gasteiger charge is 2.63. The van der Waals surface area contributed by atoms with Gasteiger partial charge < -0.3 is 5.11 Å². The van der Waals surface area contributed by atoms with Gasteiger partial charge in [-0.15, -0.1) is 5.10 Å². The fourth-order valence-electron chi connectivity index (χ4n) is 7.78. The molecular weight excluding hydrogens is 386 g/mol. The van der Waals surface area contributed by atoms with Gasteiger partial charge in [-0.05, 0) is 86.8 Å². The maximum Gasteiger partial charge on any atom is 0.155 e. The van der Waals surface area contributed by atoms with E-state index in [2.05, 4.69) is 17.2 Å². The molecule has 31 heavy (non-hydrogen) atoms. The smallest absolute Gasteiger partial charge is 0.155 e. The van der Waals surface area contributed by atoms with E-state index in [0.717, 1.165) is 56.3 Å². The first-order valence-electron chi connectivity index (χ1n) is 11.9. The molecule has 1 aromatic heterocycles. The Bertz CT molecular complexity index is 1040. The van der Waals surface area contributed by atoms with Crippen LogP contribution in [0.4, 0.5) is 0 Å². The van der Waals surface area contributed by atoms with E-state index in [1.165, 1.54) is 5.57 Å². The van der Waals surface area contributed by atoms with Crippen LogP contribution in [-0.4, -0.2) is 25.9 Å². The highest BCUT2D eigenvalue weighted by molar-refractivity contribution is 5.91. The Balaban J connectivity index is 1.31. The molecule has 1 aromatic carbocycles. The van der Waals surface area contributed by atoms with E-state index in [0.29, 0.717) is 35.9 Å². The molecular formula is C26H31N3O2. The number of fused-ring (bicyclic) bond motifs is 5. The number of ketones is 1. The molecule has 0 spiro atoms. The molecule has 0 aliphatic heterocycles. The lowest BCUT2D eigenvalue weighted by Crippen LogP contribution is -2.51. The summed E-state index contributed by atoms with van der Waals surface area (Å²) in [7, 11) is 0. The molecule has 3 saturated carbocycles. The van der Waals surface area contributed by atoms with E-state index >= 15 is 0 Å². The van der Waals surface area contributed by atoms with Crippen molar-refractivity contribution in [3.05, 3.63) is 53.9 Å². The van der Waals surface area contributed by atoms with Crippen LogP contribution in [0.3, 0.4) is 0 Å². The Labute approximate surface area is 183 Å². The van der Waals surface area contributed by atoms with Crippen LogP contribution < -0.4 is 0 Å². The minimum Gasteiger partial charge on any atom is -0.383 e. The van der Waals surface area contributed by atoms with Gasteiger partial charge in [-0.1, -0.05) is 35.9 Å². The van der Waals surface area contributed by atoms with Crippen molar-refractivity contribution < 1.29 is 9.90 Å². The molecule has 1 N–H and O–H groups in total. The average Bonchev–Trinajstić information content (AvgIpc) is 3.38. The summed E-state index contributed by atoms with van der Waals surface area (Å²) in [5.74, 6) is 2.74. The summed E-state index contributed by atoms with van der Waals surface area (Å²) in [4.78, 5) is 11.9. The van der Waals surface area contributed by atoms with E-state index < -0.39 is 5.60 Å². The van der Waals surface area contributed by atoms with E-state index in [1.54, 1.807) is 4.68 Å². The second-order valence-electron chi connectivity index (χ2n) is 10.5. The number of allylic oxidation sites excluding steroid dienone is 1. The van der Waals surface area contributed by atoms with Crippen molar-refractivity contribution in [1.29, 1.82) is 0 Å². The van der Waals surface area contributed by atoms with Gasteiger partial charge in [0.1, 0.15) is 11.3 Å². The van der Waals surface area contributed by atoms with Crippen molar-refractivity contribution in [2.75, 3.05) is 0 Å². The predicted octanol–water partition coefficient (Wildman–Crippen LogP) is 4.60. The molecule has 0 bridgehead atoms. The van der Waals surface area contributed by atoms with Gasteiger partial charge >= 0.3 is 0 Å². The molecule has 2 aromatic rings. The largest absolute Gasteiger partial charge is 0.383 e. The van der Waals surface area contributed by atoms with Crippen LogP contribution in [0.2, 0.25) is 0 Å². The highest BCUT2D eigenvalue weighted by atomic mass is 16.3. The van der Waals surface area contributed by atoms with Crippen molar-refractivity contribution in [3.8, 4) is 5.69 Å². The van der Waals surface area contributed by atoms with E-state index in [1.807, 2.05) is 42.6 Å². The molecule has 162 valence electrons. The summed E-state index contributed by atoms with van der Waals surface area (Å²) in [6, 6.07) is 9.99. The molecule has 5 heteroatoms. The van der Waals surface area contributed by atoms with Crippen LogP contribution in [-0.2, 0) is 10.4 Å². The predicted molar refractivity (Wildman–Crippen MR) is 117 cm³/mol. The zero-order valence-electron chi connectivity index (χ0n) is 18.2. The number of aromatic nitrogens is 3. The minimum absolute atomic E-state index is 0.169. The Hall–Kier alpha value is -2.27. The lowest BCUT2D eigenvalue weighted by molar-refractivity contribution is -0.126. The molecule has 0 radical (unpaired) electrons. The zero-order valence-corrected chi connectivity index (χ0v) is 18.2. The highest BCUT2D eigenvalue weighted by Crippen LogP contribution is 2.67. The molecule has 4 unspecified atom stereocenters. The molecule has 5 nitrogen and oxygen atoms in total. The van der Waals surface area contributed by atoms with E-state index in [9.17, 15) is 9.90 Å². The van der Waals surface area contributed by atoms with Crippen LogP contribution in [0.5, 0.6) is 0 Å². The van der Waals surface area contributed by atoms with Gasteiger partial charge in [0, 0.05) is 11.8 Å². The standard InChI is InChI=1S/C26H31N3O2/c1-25-13-11-21-20-10-8-19(30)15-17(20)7-9-22(21)23(25)12-14-26(25,31)24-16-29(28-27-24)18-5-3-2-4-6-18/h2-6,15-16,20-23,31H,7-14H2,1H3/t20?,21?,22?,23?,25-,26+/m0/s1. The third kappa shape index (κ3) is 2.75. The number of carbonyl (C=O) groups excluding carboxylic acids is 1. The van der Waals surface area contributed by atoms with Crippen molar-refractivity contribution in [1.82, 2.24) is 15.0 Å². The number of rotatable bonds is 2. The normalized spacial score (nSPS) is 39.4.